The van der Waals surface area contributed by atoms with Gasteiger partial charge >= 0.3 is 0 Å². The van der Waals surface area contributed by atoms with Crippen LogP contribution in [0.5, 0.6) is 0 Å². The summed E-state index contributed by atoms with van der Waals surface area (Å²) in [5, 5.41) is 2.21. The van der Waals surface area contributed by atoms with E-state index in [1.54, 1.807) is 10.5 Å². The molecule has 0 aromatic carbocycles. The van der Waals surface area contributed by atoms with E-state index in [4.69, 9.17) is 0 Å². The van der Waals surface area contributed by atoms with E-state index in [0.29, 0.717) is 0 Å². The summed E-state index contributed by atoms with van der Waals surface area (Å²) in [5.74, 6) is 2.55. The fraction of sp³-hybridized carbons (Fsp3) is 0.429. The SMILES string of the molecule is C1=CC2=C(CS1)SCC2. The number of hydrogen-bond acceptors (Lipinski definition) is 2. The zero-order chi connectivity index (χ0) is 6.10. The van der Waals surface area contributed by atoms with Crippen molar-refractivity contribution >= 4 is 23.5 Å². The zero-order valence-electron chi connectivity index (χ0n) is 5.09. The number of rotatable bonds is 0. The molecule has 0 aromatic heterocycles. The van der Waals surface area contributed by atoms with Gasteiger partial charge in [-0.3, -0.25) is 0 Å². The number of thioether (sulfide) groups is 2. The molecule has 2 aliphatic rings. The second-order valence-corrected chi connectivity index (χ2v) is 4.24. The Balaban J connectivity index is 2.28. The van der Waals surface area contributed by atoms with Gasteiger partial charge in [-0.2, -0.15) is 0 Å². The first-order chi connectivity index (χ1) is 4.47. The maximum absolute atomic E-state index is 2.27. The summed E-state index contributed by atoms with van der Waals surface area (Å²) < 4.78 is 0. The lowest BCUT2D eigenvalue weighted by Crippen LogP contribution is -1.85. The van der Waals surface area contributed by atoms with Crippen molar-refractivity contribution in [2.45, 2.75) is 6.42 Å². The third-order valence-corrected chi connectivity index (χ3v) is 3.72. The van der Waals surface area contributed by atoms with Crippen LogP contribution in [-0.2, 0) is 0 Å². The van der Waals surface area contributed by atoms with Gasteiger partial charge in [0.25, 0.3) is 0 Å². The molecule has 0 saturated heterocycles. The average molecular weight is 156 g/mol. The van der Waals surface area contributed by atoms with Crippen LogP contribution in [0.25, 0.3) is 0 Å². The molecule has 0 aromatic rings. The minimum Gasteiger partial charge on any atom is -0.129 e. The van der Waals surface area contributed by atoms with Crippen molar-refractivity contribution in [3.8, 4) is 0 Å². The molecule has 2 heteroatoms. The Morgan fingerprint density at radius 3 is 3.33 bits per heavy atom. The van der Waals surface area contributed by atoms with Crippen LogP contribution in [0, 0.1) is 0 Å². The van der Waals surface area contributed by atoms with Crippen molar-refractivity contribution in [1.29, 1.82) is 0 Å². The van der Waals surface area contributed by atoms with E-state index in [9.17, 15) is 0 Å². The molecular weight excluding hydrogens is 148 g/mol. The second-order valence-electron chi connectivity index (χ2n) is 2.16. The van der Waals surface area contributed by atoms with Crippen LogP contribution in [0.1, 0.15) is 6.42 Å². The zero-order valence-corrected chi connectivity index (χ0v) is 6.73. The molecule has 2 heterocycles. The summed E-state index contributed by atoms with van der Waals surface area (Å²) in [5.41, 5.74) is 1.60. The molecule has 9 heavy (non-hydrogen) atoms. The normalized spacial score (nSPS) is 24.9. The third kappa shape index (κ3) is 1.06. The molecule has 0 N–H and O–H groups in total. The molecule has 2 rings (SSSR count). The van der Waals surface area contributed by atoms with Gasteiger partial charge in [0.05, 0.1) is 0 Å². The average Bonchev–Trinajstić information content (AvgIpc) is 2.33. The molecule has 0 saturated carbocycles. The van der Waals surface area contributed by atoms with Gasteiger partial charge < -0.3 is 0 Å². The number of allylic oxidation sites excluding steroid dienone is 2. The lowest BCUT2D eigenvalue weighted by Gasteiger charge is -2.04. The fourth-order valence-electron chi connectivity index (χ4n) is 1.08. The lowest BCUT2D eigenvalue weighted by molar-refractivity contribution is 1.19. The Bertz CT molecular complexity index is 179. The van der Waals surface area contributed by atoms with Crippen LogP contribution in [0.2, 0.25) is 0 Å². The lowest BCUT2D eigenvalue weighted by atomic mass is 10.2. The van der Waals surface area contributed by atoms with Gasteiger partial charge in [-0.25, -0.2) is 0 Å². The Morgan fingerprint density at radius 1 is 1.44 bits per heavy atom. The topological polar surface area (TPSA) is 0 Å². The van der Waals surface area contributed by atoms with Gasteiger partial charge in [-0.1, -0.05) is 6.08 Å². The molecule has 0 fully saturated rings. The number of hydrogen-bond donors (Lipinski definition) is 0. The summed E-state index contributed by atoms with van der Waals surface area (Å²) in [6.45, 7) is 0. The maximum atomic E-state index is 2.27. The van der Waals surface area contributed by atoms with Crippen molar-refractivity contribution < 1.29 is 0 Å². The molecule has 0 bridgehead atoms. The Labute approximate surface area is 63.8 Å². The van der Waals surface area contributed by atoms with E-state index in [0.717, 1.165) is 0 Å². The molecular formula is C7H8S2. The predicted octanol–water partition coefficient (Wildman–Crippen LogP) is 2.64. The van der Waals surface area contributed by atoms with Crippen LogP contribution in [0.4, 0.5) is 0 Å². The van der Waals surface area contributed by atoms with Gasteiger partial charge in [0, 0.05) is 11.5 Å². The summed E-state index contributed by atoms with van der Waals surface area (Å²) in [4.78, 5) is 1.63. The largest absolute Gasteiger partial charge is 0.129 e. The fourth-order valence-corrected chi connectivity index (χ4v) is 3.24. The smallest absolute Gasteiger partial charge is 0.0288 e. The summed E-state index contributed by atoms with van der Waals surface area (Å²) in [6.07, 6.45) is 3.57. The minimum absolute atomic E-state index is 1.23. The van der Waals surface area contributed by atoms with Gasteiger partial charge in [-0.05, 0) is 22.3 Å². The van der Waals surface area contributed by atoms with Crippen molar-refractivity contribution in [2.75, 3.05) is 11.5 Å². The van der Waals surface area contributed by atoms with E-state index < -0.39 is 0 Å². The highest BCUT2D eigenvalue weighted by Gasteiger charge is 2.14. The molecule has 0 radical (unpaired) electrons. The van der Waals surface area contributed by atoms with Crippen molar-refractivity contribution in [2.24, 2.45) is 0 Å². The summed E-state index contributed by atoms with van der Waals surface area (Å²) >= 11 is 3.95. The van der Waals surface area contributed by atoms with E-state index >= 15 is 0 Å². The quantitative estimate of drug-likeness (QED) is 0.529. The standard InChI is InChI=1S/C7H8S2/c1-3-8-5-7-6(1)2-4-9-7/h1,3H,2,4-5H2. The predicted molar refractivity (Wildman–Crippen MR) is 45.7 cm³/mol. The van der Waals surface area contributed by atoms with E-state index in [2.05, 4.69) is 11.5 Å². The molecule has 2 aliphatic heterocycles. The van der Waals surface area contributed by atoms with Gasteiger partial charge in [0.1, 0.15) is 0 Å². The Morgan fingerprint density at radius 2 is 2.44 bits per heavy atom. The maximum Gasteiger partial charge on any atom is 0.0288 e. The highest BCUT2D eigenvalue weighted by molar-refractivity contribution is 8.07. The van der Waals surface area contributed by atoms with Gasteiger partial charge in [0.2, 0.25) is 0 Å². The summed E-state index contributed by atoms with van der Waals surface area (Å²) in [6, 6.07) is 0. The highest BCUT2D eigenvalue weighted by Crippen LogP contribution is 2.37. The first kappa shape index (κ1) is 5.93. The van der Waals surface area contributed by atoms with Crippen LogP contribution < -0.4 is 0 Å². The Hall–Kier alpha value is 0.180. The molecule has 0 unspecified atom stereocenters. The monoisotopic (exact) mass is 156 g/mol. The second kappa shape index (κ2) is 2.43. The molecule has 0 atom stereocenters. The van der Waals surface area contributed by atoms with E-state index in [1.807, 2.05) is 23.5 Å². The van der Waals surface area contributed by atoms with E-state index in [-0.39, 0.29) is 0 Å². The first-order valence-electron chi connectivity index (χ1n) is 3.10. The minimum atomic E-state index is 1.23. The molecule has 48 valence electrons. The van der Waals surface area contributed by atoms with Crippen molar-refractivity contribution in [3.63, 3.8) is 0 Å². The van der Waals surface area contributed by atoms with Crippen LogP contribution in [0.3, 0.4) is 0 Å². The summed E-state index contributed by atoms with van der Waals surface area (Å²) in [7, 11) is 0. The Kier molecular flexibility index (Phi) is 1.60. The van der Waals surface area contributed by atoms with E-state index in [1.165, 1.54) is 17.9 Å². The molecule has 0 nitrogen and oxygen atoms in total. The van der Waals surface area contributed by atoms with Crippen LogP contribution >= 0.6 is 23.5 Å². The first-order valence-corrected chi connectivity index (χ1v) is 5.13. The third-order valence-electron chi connectivity index (χ3n) is 1.59. The highest BCUT2D eigenvalue weighted by atomic mass is 32.2. The molecule has 0 spiro atoms. The van der Waals surface area contributed by atoms with Crippen molar-refractivity contribution in [1.82, 2.24) is 0 Å². The van der Waals surface area contributed by atoms with Crippen LogP contribution in [0.15, 0.2) is 22.0 Å². The van der Waals surface area contributed by atoms with Crippen molar-refractivity contribution in [3.05, 3.63) is 22.0 Å². The molecule has 0 aliphatic carbocycles. The van der Waals surface area contributed by atoms with Crippen LogP contribution in [-0.4, -0.2) is 11.5 Å². The van der Waals surface area contributed by atoms with Gasteiger partial charge in [-0.15, -0.1) is 23.5 Å². The molecule has 0 amide bonds. The van der Waals surface area contributed by atoms with Gasteiger partial charge in [0.15, 0.2) is 0 Å².